The average molecular weight is 193 g/mol. The third-order valence-corrected chi connectivity index (χ3v) is 2.10. The average Bonchev–Trinajstić information content (AvgIpc) is 2.14. The van der Waals surface area contributed by atoms with Crippen LogP contribution in [0.15, 0.2) is 30.9 Å². The molecule has 0 saturated carbocycles. The number of nitrogens with two attached hydrogens (primary N) is 1. The second-order valence-corrected chi connectivity index (χ2v) is 3.22. The number of benzene rings is 1. The standard InChI is InChI=1S/C11H15NO2/c1-2-3-4-10(12)9-6-5-8(13)7-11(9)14/h2,5-7,10,13-14H,1,3-4,12H2/t10-/m0/s1. The SMILES string of the molecule is C=CCC[C@H](N)c1ccc(O)cc1O. The Hall–Kier alpha value is -1.48. The van der Waals surface area contributed by atoms with Gasteiger partial charge in [-0.05, 0) is 18.9 Å². The van der Waals surface area contributed by atoms with Crippen LogP contribution in [-0.2, 0) is 0 Å². The highest BCUT2D eigenvalue weighted by molar-refractivity contribution is 5.40. The molecule has 1 atom stereocenters. The molecule has 0 saturated heterocycles. The molecule has 0 aliphatic carbocycles. The van der Waals surface area contributed by atoms with Gasteiger partial charge in [0.05, 0.1) is 0 Å². The van der Waals surface area contributed by atoms with Gasteiger partial charge >= 0.3 is 0 Å². The molecule has 76 valence electrons. The minimum absolute atomic E-state index is 0.0431. The molecular weight excluding hydrogens is 178 g/mol. The maximum absolute atomic E-state index is 9.50. The number of allylic oxidation sites excluding steroid dienone is 1. The molecule has 0 heterocycles. The van der Waals surface area contributed by atoms with Gasteiger partial charge in [-0.1, -0.05) is 12.1 Å². The molecule has 0 spiro atoms. The van der Waals surface area contributed by atoms with Crippen LogP contribution in [0.3, 0.4) is 0 Å². The third kappa shape index (κ3) is 2.50. The van der Waals surface area contributed by atoms with E-state index in [0.717, 1.165) is 12.8 Å². The van der Waals surface area contributed by atoms with E-state index in [4.69, 9.17) is 10.8 Å². The first-order chi connectivity index (χ1) is 6.65. The van der Waals surface area contributed by atoms with E-state index in [0.29, 0.717) is 5.56 Å². The van der Waals surface area contributed by atoms with Crippen molar-refractivity contribution in [3.8, 4) is 11.5 Å². The Morgan fingerprint density at radius 1 is 1.43 bits per heavy atom. The van der Waals surface area contributed by atoms with Crippen LogP contribution in [0, 0.1) is 0 Å². The first-order valence-electron chi connectivity index (χ1n) is 4.53. The van der Waals surface area contributed by atoms with Crippen LogP contribution in [0.25, 0.3) is 0 Å². The number of aromatic hydroxyl groups is 2. The van der Waals surface area contributed by atoms with Crippen molar-refractivity contribution in [1.29, 1.82) is 0 Å². The highest BCUT2D eigenvalue weighted by Crippen LogP contribution is 2.28. The molecule has 0 aliphatic heterocycles. The minimum atomic E-state index is -0.214. The Morgan fingerprint density at radius 2 is 2.14 bits per heavy atom. The van der Waals surface area contributed by atoms with Gasteiger partial charge in [-0.25, -0.2) is 0 Å². The Kier molecular flexibility index (Phi) is 3.54. The first-order valence-corrected chi connectivity index (χ1v) is 4.53. The zero-order valence-electron chi connectivity index (χ0n) is 7.98. The maximum Gasteiger partial charge on any atom is 0.124 e. The number of phenolic OH excluding ortho intramolecular Hbond substituents is 2. The fourth-order valence-electron chi connectivity index (χ4n) is 1.30. The number of rotatable bonds is 4. The lowest BCUT2D eigenvalue weighted by Crippen LogP contribution is -2.09. The van der Waals surface area contributed by atoms with Crippen LogP contribution < -0.4 is 5.73 Å². The molecular formula is C11H15NO2. The van der Waals surface area contributed by atoms with Crippen LogP contribution in [0.4, 0.5) is 0 Å². The Bertz CT molecular complexity index is 323. The zero-order valence-corrected chi connectivity index (χ0v) is 7.98. The molecule has 0 amide bonds. The highest BCUT2D eigenvalue weighted by atomic mass is 16.3. The second-order valence-electron chi connectivity index (χ2n) is 3.22. The minimum Gasteiger partial charge on any atom is -0.508 e. The molecule has 0 aromatic heterocycles. The molecule has 1 rings (SSSR count). The summed E-state index contributed by atoms with van der Waals surface area (Å²) in [6.45, 7) is 3.60. The number of phenols is 2. The predicted molar refractivity (Wildman–Crippen MR) is 56.1 cm³/mol. The van der Waals surface area contributed by atoms with Gasteiger partial charge < -0.3 is 15.9 Å². The summed E-state index contributed by atoms with van der Waals surface area (Å²) in [6.07, 6.45) is 3.33. The quantitative estimate of drug-likeness (QED) is 0.641. The lowest BCUT2D eigenvalue weighted by Gasteiger charge is -2.12. The van der Waals surface area contributed by atoms with Gasteiger partial charge in [0, 0.05) is 17.7 Å². The van der Waals surface area contributed by atoms with Crippen LogP contribution in [0.5, 0.6) is 11.5 Å². The summed E-state index contributed by atoms with van der Waals surface area (Å²) in [5.41, 5.74) is 6.50. The fraction of sp³-hybridized carbons (Fsp3) is 0.273. The summed E-state index contributed by atoms with van der Waals surface area (Å²) in [5, 5.41) is 18.6. The van der Waals surface area contributed by atoms with E-state index in [-0.39, 0.29) is 17.5 Å². The van der Waals surface area contributed by atoms with Crippen molar-refractivity contribution < 1.29 is 10.2 Å². The van der Waals surface area contributed by atoms with Gasteiger partial charge in [-0.15, -0.1) is 6.58 Å². The lowest BCUT2D eigenvalue weighted by atomic mass is 10.0. The Balaban J connectivity index is 2.78. The van der Waals surface area contributed by atoms with Crippen molar-refractivity contribution in [2.24, 2.45) is 5.73 Å². The summed E-state index contributed by atoms with van der Waals surface area (Å²) < 4.78 is 0. The number of hydrogen-bond acceptors (Lipinski definition) is 3. The summed E-state index contributed by atoms with van der Waals surface area (Å²) in [4.78, 5) is 0. The molecule has 14 heavy (non-hydrogen) atoms. The highest BCUT2D eigenvalue weighted by Gasteiger charge is 2.10. The Morgan fingerprint density at radius 3 is 2.71 bits per heavy atom. The lowest BCUT2D eigenvalue weighted by molar-refractivity contribution is 0.440. The van der Waals surface area contributed by atoms with Crippen LogP contribution >= 0.6 is 0 Å². The molecule has 1 aromatic carbocycles. The molecule has 3 heteroatoms. The summed E-state index contributed by atoms with van der Waals surface area (Å²) in [5.74, 6) is 0.0868. The van der Waals surface area contributed by atoms with Gasteiger partial charge in [0.1, 0.15) is 11.5 Å². The first kappa shape index (κ1) is 10.6. The molecule has 0 bridgehead atoms. The summed E-state index contributed by atoms with van der Waals surface area (Å²) in [7, 11) is 0. The molecule has 0 unspecified atom stereocenters. The van der Waals surface area contributed by atoms with Crippen LogP contribution in [-0.4, -0.2) is 10.2 Å². The maximum atomic E-state index is 9.50. The summed E-state index contributed by atoms with van der Waals surface area (Å²) in [6, 6.07) is 4.23. The van der Waals surface area contributed by atoms with E-state index in [1.165, 1.54) is 12.1 Å². The van der Waals surface area contributed by atoms with Crippen molar-refractivity contribution in [2.75, 3.05) is 0 Å². The molecule has 0 aliphatic rings. The van der Waals surface area contributed by atoms with Gasteiger partial charge in [-0.3, -0.25) is 0 Å². The fourth-order valence-corrected chi connectivity index (χ4v) is 1.30. The zero-order chi connectivity index (χ0) is 10.6. The summed E-state index contributed by atoms with van der Waals surface area (Å²) >= 11 is 0. The van der Waals surface area contributed by atoms with Crippen LogP contribution in [0.1, 0.15) is 24.4 Å². The molecule has 4 N–H and O–H groups in total. The van der Waals surface area contributed by atoms with E-state index < -0.39 is 0 Å². The monoisotopic (exact) mass is 193 g/mol. The normalized spacial score (nSPS) is 12.4. The van der Waals surface area contributed by atoms with Gasteiger partial charge in [-0.2, -0.15) is 0 Å². The van der Waals surface area contributed by atoms with Gasteiger partial charge in [0.15, 0.2) is 0 Å². The van der Waals surface area contributed by atoms with Crippen molar-refractivity contribution in [1.82, 2.24) is 0 Å². The van der Waals surface area contributed by atoms with E-state index in [9.17, 15) is 5.11 Å². The van der Waals surface area contributed by atoms with Crippen molar-refractivity contribution >= 4 is 0 Å². The number of hydrogen-bond donors (Lipinski definition) is 3. The van der Waals surface area contributed by atoms with Crippen LogP contribution in [0.2, 0.25) is 0 Å². The van der Waals surface area contributed by atoms with Crippen molar-refractivity contribution in [3.63, 3.8) is 0 Å². The van der Waals surface area contributed by atoms with E-state index in [1.54, 1.807) is 12.1 Å². The van der Waals surface area contributed by atoms with Gasteiger partial charge in [0.25, 0.3) is 0 Å². The third-order valence-electron chi connectivity index (χ3n) is 2.10. The van der Waals surface area contributed by atoms with Crippen molar-refractivity contribution in [3.05, 3.63) is 36.4 Å². The van der Waals surface area contributed by atoms with E-state index >= 15 is 0 Å². The smallest absolute Gasteiger partial charge is 0.124 e. The second kappa shape index (κ2) is 4.67. The van der Waals surface area contributed by atoms with Gasteiger partial charge in [0.2, 0.25) is 0 Å². The predicted octanol–water partition coefficient (Wildman–Crippen LogP) is 2.06. The topological polar surface area (TPSA) is 66.5 Å². The Labute approximate surface area is 83.5 Å². The van der Waals surface area contributed by atoms with Crippen molar-refractivity contribution in [2.45, 2.75) is 18.9 Å². The molecule has 0 radical (unpaired) electrons. The van der Waals surface area contributed by atoms with E-state index in [2.05, 4.69) is 6.58 Å². The molecule has 0 fully saturated rings. The molecule has 3 nitrogen and oxygen atoms in total. The van der Waals surface area contributed by atoms with E-state index in [1.807, 2.05) is 0 Å². The molecule has 1 aromatic rings. The largest absolute Gasteiger partial charge is 0.508 e.